The van der Waals surface area contributed by atoms with E-state index in [9.17, 15) is 18.8 Å². The summed E-state index contributed by atoms with van der Waals surface area (Å²) in [6, 6.07) is 6.05. The van der Waals surface area contributed by atoms with Crippen LogP contribution in [0.25, 0.3) is 10.2 Å². The zero-order chi connectivity index (χ0) is 22.8. The minimum absolute atomic E-state index is 0.0620. The topological polar surface area (TPSA) is 84.3 Å². The summed E-state index contributed by atoms with van der Waals surface area (Å²) >= 11 is 1.15. The average molecular weight is 457 g/mol. The minimum atomic E-state index is -0.337. The van der Waals surface area contributed by atoms with Gasteiger partial charge in [-0.05, 0) is 56.4 Å². The molecule has 3 aromatic rings. The first kappa shape index (κ1) is 22.1. The molecule has 168 valence electrons. The molecule has 1 fully saturated rings. The number of halogens is 1. The molecule has 1 atom stereocenters. The summed E-state index contributed by atoms with van der Waals surface area (Å²) in [4.78, 5) is 45.6. The number of carbonyl (C=O) groups excluding carboxylic acids is 2. The first-order chi connectivity index (χ1) is 15.3. The Kier molecular flexibility index (Phi) is 6.36. The standard InChI is InChI=1S/C23H25FN4O3S/c1-14-5-3-4-10-28(14)18(29)12-27-13-26-22-19(23(27)31)15(2)20(32-22)21(30)25-11-16-6-8-17(24)9-7-16/h6-9,13-14H,3-5,10-12H2,1-2H3,(H,25,30). The number of fused-ring (bicyclic) bond motifs is 1. The van der Waals surface area contributed by atoms with E-state index in [4.69, 9.17) is 0 Å². The van der Waals surface area contributed by atoms with E-state index in [0.717, 1.165) is 36.2 Å². The second-order valence-corrected chi connectivity index (χ2v) is 9.15. The van der Waals surface area contributed by atoms with Gasteiger partial charge in [0.05, 0.1) is 16.6 Å². The summed E-state index contributed by atoms with van der Waals surface area (Å²) in [6.45, 7) is 4.63. The maximum absolute atomic E-state index is 13.1. The Morgan fingerprint density at radius 3 is 2.72 bits per heavy atom. The van der Waals surface area contributed by atoms with Gasteiger partial charge in [-0.25, -0.2) is 9.37 Å². The van der Waals surface area contributed by atoms with E-state index in [2.05, 4.69) is 10.3 Å². The molecule has 1 aromatic carbocycles. The van der Waals surface area contributed by atoms with E-state index in [1.165, 1.54) is 23.0 Å². The third kappa shape index (κ3) is 4.43. The van der Waals surface area contributed by atoms with Crippen LogP contribution in [0.2, 0.25) is 0 Å². The van der Waals surface area contributed by atoms with E-state index < -0.39 is 0 Å². The van der Waals surface area contributed by atoms with Gasteiger partial charge < -0.3 is 10.2 Å². The number of piperidine rings is 1. The first-order valence-electron chi connectivity index (χ1n) is 10.7. The van der Waals surface area contributed by atoms with Gasteiger partial charge in [-0.1, -0.05) is 12.1 Å². The van der Waals surface area contributed by atoms with Gasteiger partial charge in [0.1, 0.15) is 17.2 Å². The molecule has 0 bridgehead atoms. The van der Waals surface area contributed by atoms with E-state index in [-0.39, 0.29) is 42.3 Å². The number of rotatable bonds is 5. The molecule has 0 aliphatic carbocycles. The quantitative estimate of drug-likeness (QED) is 0.639. The Balaban J connectivity index is 1.53. The molecular formula is C23H25FN4O3S. The number of benzene rings is 1. The van der Waals surface area contributed by atoms with Crippen LogP contribution in [0, 0.1) is 12.7 Å². The fourth-order valence-electron chi connectivity index (χ4n) is 4.06. The third-order valence-corrected chi connectivity index (χ3v) is 7.12. The lowest BCUT2D eigenvalue weighted by molar-refractivity contribution is -0.135. The lowest BCUT2D eigenvalue weighted by atomic mass is 10.0. The van der Waals surface area contributed by atoms with E-state index >= 15 is 0 Å². The van der Waals surface area contributed by atoms with Gasteiger partial charge in [-0.15, -0.1) is 11.3 Å². The highest BCUT2D eigenvalue weighted by Crippen LogP contribution is 2.27. The predicted octanol–water partition coefficient (Wildman–Crippen LogP) is 3.24. The first-order valence-corrected chi connectivity index (χ1v) is 11.5. The summed E-state index contributed by atoms with van der Waals surface area (Å²) in [6.07, 6.45) is 4.44. The Morgan fingerprint density at radius 1 is 1.25 bits per heavy atom. The summed E-state index contributed by atoms with van der Waals surface area (Å²) in [5, 5.41) is 3.17. The van der Waals surface area contributed by atoms with Crippen molar-refractivity contribution >= 4 is 33.4 Å². The maximum atomic E-state index is 13.1. The molecule has 7 nitrogen and oxygen atoms in total. The van der Waals surface area contributed by atoms with Crippen molar-refractivity contribution in [3.05, 3.63) is 62.8 Å². The SMILES string of the molecule is Cc1c(C(=O)NCc2ccc(F)cc2)sc2ncn(CC(=O)N3CCCCC3C)c(=O)c12. The fraction of sp³-hybridized carbons (Fsp3) is 0.391. The number of aromatic nitrogens is 2. The van der Waals surface area contributed by atoms with Gasteiger partial charge in [0.15, 0.2) is 0 Å². The monoisotopic (exact) mass is 456 g/mol. The smallest absolute Gasteiger partial charge is 0.262 e. The Bertz CT molecular complexity index is 1220. The highest BCUT2D eigenvalue weighted by molar-refractivity contribution is 7.20. The largest absolute Gasteiger partial charge is 0.347 e. The highest BCUT2D eigenvalue weighted by atomic mass is 32.1. The number of hydrogen-bond acceptors (Lipinski definition) is 5. The molecule has 3 heterocycles. The molecule has 1 N–H and O–H groups in total. The lowest BCUT2D eigenvalue weighted by Gasteiger charge is -2.33. The number of nitrogens with one attached hydrogen (secondary N) is 1. The summed E-state index contributed by atoms with van der Waals surface area (Å²) in [5.41, 5.74) is 0.996. The summed E-state index contributed by atoms with van der Waals surface area (Å²) in [5.74, 6) is -0.749. The van der Waals surface area contributed by atoms with Crippen molar-refractivity contribution in [2.75, 3.05) is 6.54 Å². The molecule has 32 heavy (non-hydrogen) atoms. The van der Waals surface area contributed by atoms with Crippen LogP contribution in [0.1, 0.15) is 47.0 Å². The molecule has 0 saturated carbocycles. The molecule has 0 radical (unpaired) electrons. The van der Waals surface area contributed by atoms with Crippen LogP contribution in [0.4, 0.5) is 4.39 Å². The number of likely N-dealkylation sites (tertiary alicyclic amines) is 1. The molecule has 1 unspecified atom stereocenters. The van der Waals surface area contributed by atoms with Crippen molar-refractivity contribution in [3.8, 4) is 0 Å². The van der Waals surface area contributed by atoms with Gasteiger partial charge in [0.2, 0.25) is 5.91 Å². The van der Waals surface area contributed by atoms with Gasteiger partial charge in [-0.3, -0.25) is 19.0 Å². The minimum Gasteiger partial charge on any atom is -0.347 e. The molecule has 1 aliphatic heterocycles. The van der Waals surface area contributed by atoms with Crippen LogP contribution >= 0.6 is 11.3 Å². The normalized spacial score (nSPS) is 16.3. The van der Waals surface area contributed by atoms with Crippen molar-refractivity contribution < 1.29 is 14.0 Å². The molecule has 1 saturated heterocycles. The summed E-state index contributed by atoms with van der Waals surface area (Å²) < 4.78 is 14.4. The Labute approximate surface area is 188 Å². The van der Waals surface area contributed by atoms with Crippen molar-refractivity contribution in [3.63, 3.8) is 0 Å². The van der Waals surface area contributed by atoms with Crippen LogP contribution in [0.3, 0.4) is 0 Å². The Morgan fingerprint density at radius 2 is 2.00 bits per heavy atom. The van der Waals surface area contributed by atoms with E-state index in [1.807, 2.05) is 11.8 Å². The zero-order valence-corrected chi connectivity index (χ0v) is 18.9. The van der Waals surface area contributed by atoms with Gasteiger partial charge in [0, 0.05) is 19.1 Å². The fourth-order valence-corrected chi connectivity index (χ4v) is 5.11. The maximum Gasteiger partial charge on any atom is 0.262 e. The lowest BCUT2D eigenvalue weighted by Crippen LogP contribution is -2.44. The molecule has 2 amide bonds. The molecule has 1 aliphatic rings. The number of aryl methyl sites for hydroxylation is 1. The second-order valence-electron chi connectivity index (χ2n) is 8.16. The molecular weight excluding hydrogens is 431 g/mol. The van der Waals surface area contributed by atoms with E-state index in [1.54, 1.807) is 19.1 Å². The van der Waals surface area contributed by atoms with Crippen molar-refractivity contribution in [2.24, 2.45) is 0 Å². The second kappa shape index (κ2) is 9.20. The van der Waals surface area contributed by atoms with Crippen molar-refractivity contribution in [2.45, 2.75) is 52.2 Å². The Hall–Kier alpha value is -3.07. The molecule has 0 spiro atoms. The van der Waals surface area contributed by atoms with Crippen LogP contribution < -0.4 is 10.9 Å². The number of nitrogens with zero attached hydrogens (tertiary/aromatic N) is 3. The van der Waals surface area contributed by atoms with Gasteiger partial charge in [0.25, 0.3) is 11.5 Å². The number of amides is 2. The number of thiophene rings is 1. The third-order valence-electron chi connectivity index (χ3n) is 5.92. The summed E-state index contributed by atoms with van der Waals surface area (Å²) in [7, 11) is 0. The number of hydrogen-bond donors (Lipinski definition) is 1. The van der Waals surface area contributed by atoms with Gasteiger partial charge in [-0.2, -0.15) is 0 Å². The molecule has 2 aromatic heterocycles. The van der Waals surface area contributed by atoms with Crippen LogP contribution in [0.5, 0.6) is 0 Å². The zero-order valence-electron chi connectivity index (χ0n) is 18.1. The highest BCUT2D eigenvalue weighted by Gasteiger charge is 2.25. The van der Waals surface area contributed by atoms with Crippen LogP contribution in [-0.4, -0.2) is 38.9 Å². The van der Waals surface area contributed by atoms with Crippen molar-refractivity contribution in [1.29, 1.82) is 0 Å². The van der Waals surface area contributed by atoms with Crippen LogP contribution in [0.15, 0.2) is 35.4 Å². The van der Waals surface area contributed by atoms with E-state index in [0.29, 0.717) is 27.2 Å². The van der Waals surface area contributed by atoms with Crippen molar-refractivity contribution in [1.82, 2.24) is 19.8 Å². The van der Waals surface area contributed by atoms with Crippen LogP contribution in [-0.2, 0) is 17.9 Å². The van der Waals surface area contributed by atoms with Gasteiger partial charge >= 0.3 is 0 Å². The molecule has 4 rings (SSSR count). The molecule has 9 heteroatoms. The average Bonchev–Trinajstić information content (AvgIpc) is 3.12. The predicted molar refractivity (Wildman–Crippen MR) is 121 cm³/mol. The number of carbonyl (C=O) groups is 2.